The largest absolute Gasteiger partial charge is 0.296 e. The zero-order valence-electron chi connectivity index (χ0n) is 11.3. The molecule has 0 spiro atoms. The molecule has 1 aromatic heterocycles. The average molecular weight is 295 g/mol. The molecule has 0 saturated heterocycles. The summed E-state index contributed by atoms with van der Waals surface area (Å²) < 4.78 is 0. The second kappa shape index (κ2) is 6.60. The number of aromatic nitrogens is 1. The number of hydrogen-bond donors (Lipinski definition) is 1. The summed E-state index contributed by atoms with van der Waals surface area (Å²) in [4.78, 5) is 6.82. The molecule has 2 rings (SSSR count). The van der Waals surface area contributed by atoms with E-state index < -0.39 is 0 Å². The lowest BCUT2D eigenvalue weighted by atomic mass is 10.0. The van der Waals surface area contributed by atoms with Crippen LogP contribution < -0.4 is 0 Å². The molecule has 0 bridgehead atoms. The van der Waals surface area contributed by atoms with Gasteiger partial charge < -0.3 is 0 Å². The molecule has 1 aromatic carbocycles. The van der Waals surface area contributed by atoms with Gasteiger partial charge in [0.25, 0.3) is 0 Å². The molecule has 102 valence electrons. The van der Waals surface area contributed by atoms with Gasteiger partial charge in [0, 0.05) is 28.4 Å². The molecular formula is C15H19ClN2S. The van der Waals surface area contributed by atoms with Crippen LogP contribution in [0, 0.1) is 0 Å². The van der Waals surface area contributed by atoms with Crippen LogP contribution in [0.5, 0.6) is 0 Å². The molecule has 2 aromatic rings. The second-order valence-corrected chi connectivity index (χ2v) is 5.28. The molecular weight excluding hydrogens is 276 g/mol. The Morgan fingerprint density at radius 3 is 2.63 bits per heavy atom. The van der Waals surface area contributed by atoms with E-state index in [1.54, 1.807) is 0 Å². The van der Waals surface area contributed by atoms with E-state index in [9.17, 15) is 0 Å². The van der Waals surface area contributed by atoms with Crippen LogP contribution in [-0.4, -0.2) is 28.7 Å². The summed E-state index contributed by atoms with van der Waals surface area (Å²) in [5.41, 5.74) is 2.23. The third-order valence-electron chi connectivity index (χ3n) is 3.52. The van der Waals surface area contributed by atoms with Crippen molar-refractivity contribution >= 4 is 35.1 Å². The Morgan fingerprint density at radius 1 is 1.26 bits per heavy atom. The normalized spacial score (nSPS) is 13.1. The fourth-order valence-electron chi connectivity index (χ4n) is 2.51. The van der Waals surface area contributed by atoms with Crippen molar-refractivity contribution in [3.8, 4) is 0 Å². The van der Waals surface area contributed by atoms with Crippen molar-refractivity contribution in [2.45, 2.75) is 19.9 Å². The molecule has 1 heterocycles. The standard InChI is InChI=1S/C15H19ClN2S/c1-3-18(4-2)15(10-19)13-7-8-17-14-9-11(16)5-6-12(13)14/h5-9,15,19H,3-4,10H2,1-2H3. The summed E-state index contributed by atoms with van der Waals surface area (Å²) in [5, 5.41) is 1.89. The second-order valence-electron chi connectivity index (χ2n) is 4.48. The summed E-state index contributed by atoms with van der Waals surface area (Å²) in [6, 6.07) is 8.30. The molecule has 2 nitrogen and oxygen atoms in total. The maximum atomic E-state index is 6.04. The molecule has 0 N–H and O–H groups in total. The Morgan fingerprint density at radius 2 is 2.00 bits per heavy atom. The van der Waals surface area contributed by atoms with Gasteiger partial charge in [-0.1, -0.05) is 31.5 Å². The van der Waals surface area contributed by atoms with E-state index in [1.165, 1.54) is 5.56 Å². The van der Waals surface area contributed by atoms with Gasteiger partial charge in [-0.2, -0.15) is 12.6 Å². The molecule has 0 radical (unpaired) electrons. The van der Waals surface area contributed by atoms with E-state index in [4.69, 9.17) is 11.6 Å². The highest BCUT2D eigenvalue weighted by Gasteiger charge is 2.18. The summed E-state index contributed by atoms with van der Waals surface area (Å²) in [7, 11) is 0. The zero-order valence-corrected chi connectivity index (χ0v) is 13.0. The quantitative estimate of drug-likeness (QED) is 0.832. The van der Waals surface area contributed by atoms with Gasteiger partial charge in [-0.15, -0.1) is 0 Å². The fraction of sp³-hybridized carbons (Fsp3) is 0.400. The van der Waals surface area contributed by atoms with E-state index in [2.05, 4.69) is 48.5 Å². The molecule has 0 aliphatic rings. The SMILES string of the molecule is CCN(CC)C(CS)c1ccnc2cc(Cl)ccc12. The maximum absolute atomic E-state index is 6.04. The topological polar surface area (TPSA) is 16.1 Å². The van der Waals surface area contributed by atoms with Gasteiger partial charge in [-0.25, -0.2) is 0 Å². The van der Waals surface area contributed by atoms with Crippen molar-refractivity contribution in [2.75, 3.05) is 18.8 Å². The van der Waals surface area contributed by atoms with Gasteiger partial charge in [-0.05, 0) is 36.9 Å². The number of benzene rings is 1. The van der Waals surface area contributed by atoms with E-state index in [1.807, 2.05) is 18.3 Å². The van der Waals surface area contributed by atoms with Gasteiger partial charge in [0.05, 0.1) is 5.52 Å². The highest BCUT2D eigenvalue weighted by atomic mass is 35.5. The fourth-order valence-corrected chi connectivity index (χ4v) is 3.10. The lowest BCUT2D eigenvalue weighted by Gasteiger charge is -2.29. The van der Waals surface area contributed by atoms with Crippen molar-refractivity contribution in [1.29, 1.82) is 0 Å². The van der Waals surface area contributed by atoms with E-state index in [0.717, 1.165) is 34.8 Å². The summed E-state index contributed by atoms with van der Waals surface area (Å²) in [6.07, 6.45) is 1.86. The van der Waals surface area contributed by atoms with Gasteiger partial charge in [-0.3, -0.25) is 9.88 Å². The molecule has 4 heteroatoms. The summed E-state index contributed by atoms with van der Waals surface area (Å²) in [5.74, 6) is 0.795. The molecule has 0 saturated carbocycles. The molecule has 0 amide bonds. The Balaban J connectivity index is 2.54. The minimum atomic E-state index is 0.310. The Hall–Kier alpha value is -0.770. The van der Waals surface area contributed by atoms with E-state index in [-0.39, 0.29) is 0 Å². The number of nitrogens with zero attached hydrogens (tertiary/aromatic N) is 2. The average Bonchev–Trinajstić information content (AvgIpc) is 2.43. The smallest absolute Gasteiger partial charge is 0.0720 e. The summed E-state index contributed by atoms with van der Waals surface area (Å²) >= 11 is 10.6. The highest BCUT2D eigenvalue weighted by molar-refractivity contribution is 7.80. The van der Waals surface area contributed by atoms with Crippen molar-refractivity contribution in [2.24, 2.45) is 0 Å². The third-order valence-corrected chi connectivity index (χ3v) is 4.10. The maximum Gasteiger partial charge on any atom is 0.0720 e. The number of halogens is 1. The lowest BCUT2D eigenvalue weighted by Crippen LogP contribution is -2.29. The van der Waals surface area contributed by atoms with Crippen molar-refractivity contribution in [1.82, 2.24) is 9.88 Å². The first-order valence-corrected chi connectivity index (χ1v) is 7.61. The van der Waals surface area contributed by atoms with Crippen LogP contribution in [0.15, 0.2) is 30.5 Å². The van der Waals surface area contributed by atoms with Gasteiger partial charge >= 0.3 is 0 Å². The van der Waals surface area contributed by atoms with Crippen LogP contribution in [0.1, 0.15) is 25.5 Å². The molecule has 0 aliphatic carbocycles. The van der Waals surface area contributed by atoms with Crippen LogP contribution in [0.4, 0.5) is 0 Å². The first-order chi connectivity index (χ1) is 9.21. The van der Waals surface area contributed by atoms with Gasteiger partial charge in [0.2, 0.25) is 0 Å². The molecule has 1 unspecified atom stereocenters. The van der Waals surface area contributed by atoms with Crippen LogP contribution >= 0.6 is 24.2 Å². The minimum absolute atomic E-state index is 0.310. The van der Waals surface area contributed by atoms with Crippen LogP contribution in [0.2, 0.25) is 5.02 Å². The first-order valence-electron chi connectivity index (χ1n) is 6.60. The first kappa shape index (κ1) is 14.6. The Bertz CT molecular complexity index is 555. The minimum Gasteiger partial charge on any atom is -0.296 e. The van der Waals surface area contributed by atoms with Crippen LogP contribution in [0.25, 0.3) is 10.9 Å². The third kappa shape index (κ3) is 3.04. The Kier molecular flexibility index (Phi) is 5.08. The highest BCUT2D eigenvalue weighted by Crippen LogP contribution is 2.29. The van der Waals surface area contributed by atoms with Crippen LogP contribution in [-0.2, 0) is 0 Å². The monoisotopic (exact) mass is 294 g/mol. The van der Waals surface area contributed by atoms with Crippen molar-refractivity contribution < 1.29 is 0 Å². The Labute approximate surface area is 125 Å². The number of hydrogen-bond acceptors (Lipinski definition) is 3. The predicted octanol–water partition coefficient (Wildman–Crippen LogP) is 4.20. The number of thiol groups is 1. The molecule has 0 aliphatic heterocycles. The number of rotatable bonds is 5. The van der Waals surface area contributed by atoms with E-state index in [0.29, 0.717) is 6.04 Å². The van der Waals surface area contributed by atoms with Gasteiger partial charge in [0.15, 0.2) is 0 Å². The van der Waals surface area contributed by atoms with Crippen molar-refractivity contribution in [3.05, 3.63) is 41.0 Å². The molecule has 19 heavy (non-hydrogen) atoms. The van der Waals surface area contributed by atoms with E-state index >= 15 is 0 Å². The van der Waals surface area contributed by atoms with Gasteiger partial charge in [0.1, 0.15) is 0 Å². The molecule has 1 atom stereocenters. The predicted molar refractivity (Wildman–Crippen MR) is 86.3 cm³/mol. The summed E-state index contributed by atoms with van der Waals surface area (Å²) in [6.45, 7) is 6.39. The van der Waals surface area contributed by atoms with Crippen LogP contribution in [0.3, 0.4) is 0 Å². The van der Waals surface area contributed by atoms with Crippen molar-refractivity contribution in [3.63, 3.8) is 0 Å². The number of pyridine rings is 1. The lowest BCUT2D eigenvalue weighted by molar-refractivity contribution is 0.239. The number of fused-ring (bicyclic) bond motifs is 1. The zero-order chi connectivity index (χ0) is 13.8. The molecule has 0 fully saturated rings.